The molecule has 5 aliphatic carbocycles. The molecule has 502 valence electrons. The van der Waals surface area contributed by atoms with Crippen LogP contribution < -0.4 is 50.3 Å². The summed E-state index contributed by atoms with van der Waals surface area (Å²) in [5.41, 5.74) is 7.30. The van der Waals surface area contributed by atoms with Gasteiger partial charge in [0.2, 0.25) is 5.75 Å². The summed E-state index contributed by atoms with van der Waals surface area (Å²) < 4.78 is 34.0. The Morgan fingerprint density at radius 3 is 2.39 bits per heavy atom. The van der Waals surface area contributed by atoms with E-state index >= 15 is 0 Å². The first-order valence-corrected chi connectivity index (χ1v) is 35.3. The standard InChI is InChI=1S/C76H102N6O11/c1-8-73(3,32-33-77-4)31-26-47-17-14-30-76(55(47)24-20-45(2)81-76)93-61-40-59(90-35-34-78-5)51-22-23-52-65-58(80-71(87)68(61)67(51)65)39-60-66(52)69(85)53(44-92-60)48-36-62(89-7)70(86)63(37-48)91-43-50(42-83)75-29-15-19-56(57(75)25-21-46-16-10-11-18-54(46)75)74(27-12-9-13-28-74)82-64(84)38-49(41-79-6)72(82)88/h10-11,16,18,21,25,36-40,45,47,50,53,55-57,69,71,77-81,83,85-87H,8-9,12-15,17,19-20,22-24,26-35,41-44H2,1-7H3/t45-,47-,50-,53-,55+,56-,57+,69-,71-,73+,75+,76+/m0/s1. The number of aliphatic hydroxyl groups is 3. The van der Waals surface area contributed by atoms with Gasteiger partial charge < -0.3 is 65.4 Å². The summed E-state index contributed by atoms with van der Waals surface area (Å²) in [7, 11) is 7.26. The van der Waals surface area contributed by atoms with Crippen LogP contribution in [0.5, 0.6) is 34.5 Å². The summed E-state index contributed by atoms with van der Waals surface area (Å²) in [5.74, 6) is 0.932. The molecule has 0 radical (unpaired) electrons. The summed E-state index contributed by atoms with van der Waals surface area (Å²) >= 11 is 0. The van der Waals surface area contributed by atoms with E-state index in [0.717, 1.165) is 142 Å². The van der Waals surface area contributed by atoms with Crippen LogP contribution in [-0.2, 0) is 27.8 Å². The molecule has 4 aromatic rings. The van der Waals surface area contributed by atoms with Gasteiger partial charge in [-0.05, 0) is 176 Å². The number of rotatable bonds is 24. The molecule has 3 saturated carbocycles. The number of aliphatic hydroxyl groups excluding tert-OH is 3. The number of benzene rings is 4. The van der Waals surface area contributed by atoms with Crippen LogP contribution in [0.3, 0.4) is 0 Å². The summed E-state index contributed by atoms with van der Waals surface area (Å²) in [6.45, 7) is 9.34. The lowest BCUT2D eigenvalue weighted by molar-refractivity contribution is -0.153. The third-order valence-electron chi connectivity index (χ3n) is 24.3. The largest absolute Gasteiger partial charge is 0.502 e. The lowest BCUT2D eigenvalue weighted by atomic mass is 9.47. The van der Waals surface area contributed by atoms with Gasteiger partial charge in [-0.2, -0.15) is 0 Å². The molecule has 17 heteroatoms. The van der Waals surface area contributed by atoms with Gasteiger partial charge in [-0.25, -0.2) is 0 Å². The number of aromatic hydroxyl groups is 1. The molecule has 12 atom stereocenters. The highest BCUT2D eigenvalue weighted by atomic mass is 16.5. The van der Waals surface area contributed by atoms with Gasteiger partial charge in [0.15, 0.2) is 23.5 Å². The monoisotopic (exact) mass is 1270 g/mol. The second-order valence-corrected chi connectivity index (χ2v) is 29.2. The van der Waals surface area contributed by atoms with E-state index in [0.29, 0.717) is 77.9 Å². The molecule has 9 aliphatic rings. The third-order valence-corrected chi connectivity index (χ3v) is 24.3. The van der Waals surface area contributed by atoms with Gasteiger partial charge in [-0.3, -0.25) is 19.8 Å². The van der Waals surface area contributed by atoms with Crippen LogP contribution in [-0.4, -0.2) is 129 Å². The molecule has 1 saturated heterocycles. The SMILES string of the molecule is CC[C@@](C)(CCNC)CC[C@@H]1CCC[C@]2(Oc3cc(OCCNC)c4c5c3[C@H](O)Nc3cc6c(c(c3-5)CC4)[C@@H](O)[C@H](c3cc(OC)c(O)c(OC[C@H](CO)[C@@]45CCC[C@H](C7(N8C(=O)C=C(CNC)C8=O)CCCCC7)[C@H]4C=Cc4ccccc45)c3)CO6)N[C@@H](C)CC[C@H]12. The lowest BCUT2D eigenvalue weighted by Crippen LogP contribution is -2.65. The number of nitrogens with one attached hydrogen (secondary N) is 5. The number of carbonyl (C=O) groups excluding carboxylic acids is 2. The van der Waals surface area contributed by atoms with Crippen molar-refractivity contribution in [1.82, 2.24) is 26.2 Å². The lowest BCUT2D eigenvalue weighted by Gasteiger charge is -2.60. The van der Waals surface area contributed by atoms with Gasteiger partial charge in [0, 0.05) is 100 Å². The number of carbonyl (C=O) groups is 2. The van der Waals surface area contributed by atoms with E-state index in [2.05, 4.69) is 77.7 Å². The quantitative estimate of drug-likeness (QED) is 0.0235. The zero-order valence-corrected chi connectivity index (χ0v) is 56.0. The maximum absolute atomic E-state index is 14.5. The first-order valence-electron chi connectivity index (χ1n) is 35.3. The maximum Gasteiger partial charge on any atom is 0.258 e. The number of allylic oxidation sites excluding steroid dienone is 1. The third kappa shape index (κ3) is 11.4. The van der Waals surface area contributed by atoms with E-state index in [9.17, 15) is 30.0 Å². The van der Waals surface area contributed by atoms with Crippen LogP contribution in [0.25, 0.3) is 17.2 Å². The van der Waals surface area contributed by atoms with Crippen molar-refractivity contribution in [3.05, 3.63) is 105 Å². The number of nitrogens with zero attached hydrogens (tertiary/aromatic N) is 1. The van der Waals surface area contributed by atoms with Crippen LogP contribution in [0, 0.1) is 35.0 Å². The number of hydrogen-bond donors (Lipinski definition) is 9. The Labute approximate surface area is 550 Å². The molecule has 4 aromatic carbocycles. The molecule has 0 aromatic heterocycles. The van der Waals surface area contributed by atoms with Gasteiger partial charge in [-0.1, -0.05) is 82.4 Å². The fraction of sp³-hybridized carbons (Fsp3) is 0.605. The number of imide groups is 1. The van der Waals surface area contributed by atoms with E-state index in [4.69, 9.17) is 23.7 Å². The van der Waals surface area contributed by atoms with E-state index in [-0.39, 0.29) is 78.1 Å². The summed E-state index contributed by atoms with van der Waals surface area (Å²) in [6, 6.07) is 16.1. The van der Waals surface area contributed by atoms with E-state index in [1.807, 2.05) is 32.3 Å². The van der Waals surface area contributed by atoms with Crippen molar-refractivity contribution in [2.75, 3.05) is 79.6 Å². The predicted molar refractivity (Wildman–Crippen MR) is 361 cm³/mol. The van der Waals surface area contributed by atoms with Crippen LogP contribution in [0.15, 0.2) is 66.3 Å². The highest BCUT2D eigenvalue weighted by Crippen LogP contribution is 2.63. The molecule has 93 heavy (non-hydrogen) atoms. The zero-order valence-electron chi connectivity index (χ0n) is 56.0. The normalized spacial score (nSPS) is 29.1. The van der Waals surface area contributed by atoms with Gasteiger partial charge >= 0.3 is 0 Å². The van der Waals surface area contributed by atoms with Crippen LogP contribution in [0.1, 0.15) is 187 Å². The Morgan fingerprint density at radius 1 is 0.828 bits per heavy atom. The van der Waals surface area contributed by atoms with Gasteiger partial charge in [0.05, 0.1) is 44.1 Å². The number of likely N-dealkylation sites (N-methyl/N-ethyl adjacent to an activating group) is 2. The Kier molecular flexibility index (Phi) is 18.9. The second kappa shape index (κ2) is 26.8. The van der Waals surface area contributed by atoms with Crippen LogP contribution >= 0.6 is 0 Å². The number of fused-ring (bicyclic) bond motifs is 6. The maximum atomic E-state index is 14.5. The summed E-state index contributed by atoms with van der Waals surface area (Å²) in [6.07, 6.45) is 21.4. The first-order chi connectivity index (χ1) is 45.1. The molecule has 9 N–H and O–H groups in total. The van der Waals surface area contributed by atoms with Crippen molar-refractivity contribution in [2.24, 2.45) is 35.0 Å². The minimum atomic E-state index is -1.11. The van der Waals surface area contributed by atoms with Crippen molar-refractivity contribution >= 4 is 23.6 Å². The van der Waals surface area contributed by atoms with E-state index < -0.39 is 40.8 Å². The number of anilines is 1. The summed E-state index contributed by atoms with van der Waals surface area (Å²) in [5, 5.41) is 67.0. The zero-order chi connectivity index (χ0) is 65.0. The Hall–Kier alpha value is -6.18. The minimum absolute atomic E-state index is 0.0212. The van der Waals surface area contributed by atoms with Gasteiger partial charge in [0.1, 0.15) is 23.9 Å². The number of phenols is 1. The molecule has 0 bridgehead atoms. The van der Waals surface area contributed by atoms with E-state index in [1.165, 1.54) is 26.0 Å². The number of piperidine rings is 1. The van der Waals surface area contributed by atoms with Crippen LogP contribution in [0.4, 0.5) is 5.69 Å². The fourth-order valence-corrected chi connectivity index (χ4v) is 19.5. The number of amides is 2. The molecule has 2 amide bonds. The Balaban J connectivity index is 0.828. The second-order valence-electron chi connectivity index (χ2n) is 29.2. The average Bonchev–Trinajstić information content (AvgIpc) is 1.25. The first kappa shape index (κ1) is 65.5. The van der Waals surface area contributed by atoms with Crippen molar-refractivity contribution in [2.45, 2.75) is 184 Å². The molecule has 4 aliphatic heterocycles. The molecular weight excluding hydrogens is 1170 g/mol. The van der Waals surface area contributed by atoms with Crippen molar-refractivity contribution < 1.29 is 53.7 Å². The molecule has 4 fully saturated rings. The number of phenolic OH excluding ortho intramolecular Hbond substituents is 1. The molecular formula is C76H102N6O11. The Bertz CT molecular complexity index is 3510. The van der Waals surface area contributed by atoms with Gasteiger partial charge in [0.25, 0.3) is 11.8 Å². The average molecular weight is 1280 g/mol. The topological polar surface area (TPSA) is 225 Å². The molecule has 0 spiro atoms. The fourth-order valence-electron chi connectivity index (χ4n) is 19.5. The van der Waals surface area contributed by atoms with Crippen molar-refractivity contribution in [1.29, 1.82) is 0 Å². The number of ether oxygens (including phenoxy) is 5. The van der Waals surface area contributed by atoms with Crippen LogP contribution in [0.2, 0.25) is 0 Å². The minimum Gasteiger partial charge on any atom is -0.502 e. The van der Waals surface area contributed by atoms with Crippen molar-refractivity contribution in [3.8, 4) is 45.6 Å². The van der Waals surface area contributed by atoms with Crippen molar-refractivity contribution in [3.63, 3.8) is 0 Å². The molecule has 0 unspecified atom stereocenters. The Morgan fingerprint density at radius 2 is 1.61 bits per heavy atom. The summed E-state index contributed by atoms with van der Waals surface area (Å²) in [4.78, 5) is 30.3. The highest BCUT2D eigenvalue weighted by molar-refractivity contribution is 6.17. The van der Waals surface area contributed by atoms with E-state index in [1.54, 1.807) is 24.1 Å². The smallest absolute Gasteiger partial charge is 0.258 e. The molecule has 4 heterocycles. The molecule has 13 rings (SSSR count). The predicted octanol–water partition coefficient (Wildman–Crippen LogP) is 11.0. The highest BCUT2D eigenvalue weighted by Gasteiger charge is 2.61. The number of methoxy groups -OCH3 is 1. The number of hydrogen-bond acceptors (Lipinski definition) is 16. The van der Waals surface area contributed by atoms with Gasteiger partial charge in [-0.15, -0.1) is 0 Å². The molecule has 17 nitrogen and oxygen atoms in total.